The van der Waals surface area contributed by atoms with Gasteiger partial charge in [0.2, 0.25) is 5.91 Å². The average Bonchev–Trinajstić information content (AvgIpc) is 2.47. The van der Waals surface area contributed by atoms with Gasteiger partial charge in [-0.3, -0.25) is 9.59 Å². The number of hydrogen-bond acceptors (Lipinski definition) is 5. The van der Waals surface area contributed by atoms with Crippen LogP contribution in [0.5, 0.6) is 0 Å². The number of amides is 1. The van der Waals surface area contributed by atoms with E-state index in [-0.39, 0.29) is 37.0 Å². The maximum absolute atomic E-state index is 11.4. The van der Waals surface area contributed by atoms with Crippen LogP contribution < -0.4 is 5.32 Å². The van der Waals surface area contributed by atoms with E-state index in [1.54, 1.807) is 7.11 Å². The van der Waals surface area contributed by atoms with Crippen LogP contribution >= 0.6 is 0 Å². The van der Waals surface area contributed by atoms with Crippen molar-refractivity contribution in [1.82, 2.24) is 5.32 Å². The van der Waals surface area contributed by atoms with Crippen LogP contribution in [-0.2, 0) is 23.8 Å². The molecule has 0 aromatic carbocycles. The van der Waals surface area contributed by atoms with Crippen molar-refractivity contribution in [2.45, 2.75) is 58.3 Å². The monoisotopic (exact) mass is 319 g/mol. The molecule has 22 heavy (non-hydrogen) atoms. The summed E-state index contributed by atoms with van der Waals surface area (Å²) in [5.74, 6) is -1.26. The molecule has 0 saturated heterocycles. The molecule has 0 radical (unpaired) electrons. The fourth-order valence-electron chi connectivity index (χ4n) is 1.58. The zero-order chi connectivity index (χ0) is 17.0. The Labute approximate surface area is 132 Å². The molecule has 0 aliphatic heterocycles. The van der Waals surface area contributed by atoms with Crippen molar-refractivity contribution in [3.8, 4) is 0 Å². The third-order valence-corrected chi connectivity index (χ3v) is 3.03. The van der Waals surface area contributed by atoms with Crippen molar-refractivity contribution < 1.29 is 28.9 Å². The van der Waals surface area contributed by atoms with Gasteiger partial charge in [-0.05, 0) is 27.2 Å². The summed E-state index contributed by atoms with van der Waals surface area (Å²) in [7, 11) is 1.67. The Balaban J connectivity index is 3.65. The second-order valence-corrected chi connectivity index (χ2v) is 5.42. The molecular weight excluding hydrogens is 290 g/mol. The van der Waals surface area contributed by atoms with Gasteiger partial charge in [0.05, 0.1) is 31.8 Å². The van der Waals surface area contributed by atoms with E-state index in [0.29, 0.717) is 19.8 Å². The number of aliphatic carboxylic acids is 1. The van der Waals surface area contributed by atoms with Crippen LogP contribution in [0.3, 0.4) is 0 Å². The van der Waals surface area contributed by atoms with Gasteiger partial charge in [0.15, 0.2) is 0 Å². The molecule has 0 rings (SSSR count). The summed E-state index contributed by atoms with van der Waals surface area (Å²) in [5, 5.41) is 11.2. The summed E-state index contributed by atoms with van der Waals surface area (Å²) in [5.41, 5.74) is 0. The van der Waals surface area contributed by atoms with Crippen molar-refractivity contribution >= 4 is 11.9 Å². The minimum atomic E-state index is -0.979. The molecule has 7 heteroatoms. The molecule has 0 aliphatic rings. The number of carboxylic acid groups (broad SMARTS) is 1. The number of carboxylic acids is 1. The molecule has 0 bridgehead atoms. The number of nitrogens with one attached hydrogen (secondary N) is 1. The Morgan fingerprint density at radius 3 is 2.36 bits per heavy atom. The van der Waals surface area contributed by atoms with E-state index in [1.807, 2.05) is 20.8 Å². The van der Waals surface area contributed by atoms with E-state index in [4.69, 9.17) is 19.3 Å². The van der Waals surface area contributed by atoms with Gasteiger partial charge >= 0.3 is 5.97 Å². The lowest BCUT2D eigenvalue weighted by molar-refractivity contribution is -0.139. The van der Waals surface area contributed by atoms with E-state index in [9.17, 15) is 9.59 Å². The lowest BCUT2D eigenvalue weighted by Crippen LogP contribution is -2.37. The first-order valence-electron chi connectivity index (χ1n) is 7.58. The van der Waals surface area contributed by atoms with Gasteiger partial charge in [-0.25, -0.2) is 0 Å². The fourth-order valence-corrected chi connectivity index (χ4v) is 1.58. The highest BCUT2D eigenvalue weighted by atomic mass is 16.5. The highest BCUT2D eigenvalue weighted by molar-refractivity contribution is 5.80. The van der Waals surface area contributed by atoms with E-state index in [0.717, 1.165) is 6.42 Å². The number of carbonyl (C=O) groups excluding carboxylic acids is 1. The fraction of sp³-hybridized carbons (Fsp3) is 0.867. The molecule has 0 saturated carbocycles. The van der Waals surface area contributed by atoms with Crippen LogP contribution in [0.15, 0.2) is 0 Å². The first-order chi connectivity index (χ1) is 10.3. The maximum Gasteiger partial charge on any atom is 0.303 e. The summed E-state index contributed by atoms with van der Waals surface area (Å²) in [6.07, 6.45) is 0.757. The third kappa shape index (κ3) is 12.6. The quantitative estimate of drug-likeness (QED) is 0.495. The Morgan fingerprint density at radius 2 is 1.77 bits per heavy atom. The molecule has 0 aromatic rings. The molecule has 130 valence electrons. The molecular formula is C15H29NO6. The van der Waals surface area contributed by atoms with Gasteiger partial charge in [0.25, 0.3) is 0 Å². The van der Waals surface area contributed by atoms with Crippen LogP contribution in [0.2, 0.25) is 0 Å². The second kappa shape index (κ2) is 12.4. The first kappa shape index (κ1) is 20.8. The Hall–Kier alpha value is -1.18. The van der Waals surface area contributed by atoms with Crippen LogP contribution in [0.4, 0.5) is 0 Å². The second-order valence-electron chi connectivity index (χ2n) is 5.42. The zero-order valence-corrected chi connectivity index (χ0v) is 14.0. The minimum Gasteiger partial charge on any atom is -0.481 e. The lowest BCUT2D eigenvalue weighted by Gasteiger charge is -2.18. The average molecular weight is 319 g/mol. The number of rotatable bonds is 13. The molecule has 0 aliphatic carbocycles. The van der Waals surface area contributed by atoms with Crippen molar-refractivity contribution in [3.63, 3.8) is 0 Å². The Morgan fingerprint density at radius 1 is 1.09 bits per heavy atom. The molecule has 3 atom stereocenters. The molecule has 7 nitrogen and oxygen atoms in total. The van der Waals surface area contributed by atoms with Gasteiger partial charge in [0.1, 0.15) is 0 Å². The van der Waals surface area contributed by atoms with E-state index in [2.05, 4.69) is 5.32 Å². The summed E-state index contributed by atoms with van der Waals surface area (Å²) < 4.78 is 16.2. The number of carbonyl (C=O) groups is 2. The number of ether oxygens (including phenoxy) is 3. The largest absolute Gasteiger partial charge is 0.481 e. The van der Waals surface area contributed by atoms with E-state index < -0.39 is 5.97 Å². The summed E-state index contributed by atoms with van der Waals surface area (Å²) in [6.45, 7) is 7.15. The predicted molar refractivity (Wildman–Crippen MR) is 81.8 cm³/mol. The molecule has 1 amide bonds. The molecule has 0 heterocycles. The SMILES string of the molecule is COC(C)CCOCC(C)OCC(C)NC(=O)CCC(=O)O. The van der Waals surface area contributed by atoms with Crippen LogP contribution in [0, 0.1) is 0 Å². The number of hydrogen-bond donors (Lipinski definition) is 2. The van der Waals surface area contributed by atoms with Crippen molar-refractivity contribution in [2.75, 3.05) is 26.9 Å². The van der Waals surface area contributed by atoms with Crippen molar-refractivity contribution in [1.29, 1.82) is 0 Å². The van der Waals surface area contributed by atoms with Gasteiger partial charge in [-0.2, -0.15) is 0 Å². The van der Waals surface area contributed by atoms with Crippen LogP contribution in [0.1, 0.15) is 40.0 Å². The summed E-state index contributed by atoms with van der Waals surface area (Å²) >= 11 is 0. The number of methoxy groups -OCH3 is 1. The van der Waals surface area contributed by atoms with Gasteiger partial charge < -0.3 is 24.6 Å². The highest BCUT2D eigenvalue weighted by Gasteiger charge is 2.11. The topological polar surface area (TPSA) is 94.1 Å². The molecule has 2 N–H and O–H groups in total. The highest BCUT2D eigenvalue weighted by Crippen LogP contribution is 1.99. The third-order valence-electron chi connectivity index (χ3n) is 3.03. The molecule has 0 fully saturated rings. The molecule has 0 aromatic heterocycles. The summed E-state index contributed by atoms with van der Waals surface area (Å²) in [4.78, 5) is 21.8. The Bertz CT molecular complexity index is 323. The minimum absolute atomic E-state index is 0.0178. The van der Waals surface area contributed by atoms with Gasteiger partial charge in [-0.15, -0.1) is 0 Å². The zero-order valence-electron chi connectivity index (χ0n) is 14.0. The van der Waals surface area contributed by atoms with Gasteiger partial charge in [-0.1, -0.05) is 0 Å². The van der Waals surface area contributed by atoms with Crippen LogP contribution in [0.25, 0.3) is 0 Å². The standard InChI is InChI=1S/C15H29NO6/c1-11(16-14(17)5-6-15(18)19)9-22-13(3)10-21-8-7-12(2)20-4/h11-13H,5-10H2,1-4H3,(H,16,17)(H,18,19). The van der Waals surface area contributed by atoms with E-state index in [1.165, 1.54) is 0 Å². The maximum atomic E-state index is 11.4. The first-order valence-corrected chi connectivity index (χ1v) is 7.58. The van der Waals surface area contributed by atoms with Crippen molar-refractivity contribution in [2.24, 2.45) is 0 Å². The molecule has 0 spiro atoms. The predicted octanol–water partition coefficient (Wildman–Crippen LogP) is 1.20. The normalized spacial score (nSPS) is 15.1. The lowest BCUT2D eigenvalue weighted by atomic mass is 10.2. The summed E-state index contributed by atoms with van der Waals surface area (Å²) in [6, 6.07) is -0.169. The molecule has 3 unspecified atom stereocenters. The van der Waals surface area contributed by atoms with Crippen molar-refractivity contribution in [3.05, 3.63) is 0 Å². The van der Waals surface area contributed by atoms with E-state index >= 15 is 0 Å². The van der Waals surface area contributed by atoms with Gasteiger partial charge in [0, 0.05) is 26.2 Å². The van der Waals surface area contributed by atoms with Crippen LogP contribution in [-0.4, -0.2) is 62.2 Å². The smallest absolute Gasteiger partial charge is 0.303 e. The Kier molecular flexibility index (Phi) is 11.7.